The zero-order chi connectivity index (χ0) is 21.1. The number of likely N-dealkylation sites (tertiary alicyclic amines) is 1. The van der Waals surface area contributed by atoms with Crippen LogP contribution in [0.4, 0.5) is 5.69 Å². The summed E-state index contributed by atoms with van der Waals surface area (Å²) >= 11 is 3.44. The summed E-state index contributed by atoms with van der Waals surface area (Å²) in [5.74, 6) is -0.0912. The molecule has 154 valence electrons. The zero-order valence-corrected chi connectivity index (χ0v) is 18.4. The van der Waals surface area contributed by atoms with Crippen molar-refractivity contribution in [2.24, 2.45) is 0 Å². The average molecular weight is 486 g/mol. The SMILES string of the molecule is O=C(c1ccc(S(=O)(=O)Nc2ccncc2)cc1)N1CCCC1c1ccc(Br)cc1. The summed E-state index contributed by atoms with van der Waals surface area (Å²) in [7, 11) is -3.74. The quantitative estimate of drug-likeness (QED) is 0.571. The third-order valence-corrected chi connectivity index (χ3v) is 7.04. The van der Waals surface area contributed by atoms with Crippen LogP contribution in [0.25, 0.3) is 0 Å². The molecule has 1 fully saturated rings. The van der Waals surface area contributed by atoms with Crippen LogP contribution in [0, 0.1) is 0 Å². The Labute approximate surface area is 184 Å². The van der Waals surface area contributed by atoms with Crippen molar-refractivity contribution in [3.63, 3.8) is 0 Å². The van der Waals surface area contributed by atoms with Gasteiger partial charge in [0.2, 0.25) is 0 Å². The van der Waals surface area contributed by atoms with E-state index in [0.717, 1.165) is 22.9 Å². The van der Waals surface area contributed by atoms with E-state index in [9.17, 15) is 13.2 Å². The normalized spacial score (nSPS) is 16.4. The van der Waals surface area contributed by atoms with Gasteiger partial charge in [0.15, 0.2) is 0 Å². The van der Waals surface area contributed by atoms with Crippen molar-refractivity contribution in [3.8, 4) is 0 Å². The highest BCUT2D eigenvalue weighted by atomic mass is 79.9. The van der Waals surface area contributed by atoms with Gasteiger partial charge in [-0.15, -0.1) is 0 Å². The van der Waals surface area contributed by atoms with Crippen LogP contribution in [0.1, 0.15) is 34.8 Å². The zero-order valence-electron chi connectivity index (χ0n) is 16.0. The molecule has 0 bridgehead atoms. The first-order valence-electron chi connectivity index (χ1n) is 9.53. The number of rotatable bonds is 5. The first-order chi connectivity index (χ1) is 14.4. The lowest BCUT2D eigenvalue weighted by molar-refractivity contribution is 0.0735. The average Bonchev–Trinajstić information content (AvgIpc) is 3.24. The summed E-state index contributed by atoms with van der Waals surface area (Å²) in [5.41, 5.74) is 2.01. The van der Waals surface area contributed by atoms with Crippen LogP contribution < -0.4 is 4.72 Å². The smallest absolute Gasteiger partial charge is 0.261 e. The maximum atomic E-state index is 13.1. The Morgan fingerprint density at radius 3 is 2.33 bits per heavy atom. The number of benzene rings is 2. The maximum absolute atomic E-state index is 13.1. The van der Waals surface area contributed by atoms with Crippen LogP contribution >= 0.6 is 15.9 Å². The fourth-order valence-corrected chi connectivity index (χ4v) is 4.94. The standard InChI is InChI=1S/C22H20BrN3O3S/c23-18-7-3-16(4-8-18)21-2-1-15-26(21)22(27)17-5-9-20(10-6-17)30(28,29)25-19-11-13-24-14-12-19/h3-14,21H,1-2,15H2,(H,24,25). The molecule has 4 rings (SSSR count). The number of aromatic nitrogens is 1. The molecular formula is C22H20BrN3O3S. The van der Waals surface area contributed by atoms with Gasteiger partial charge in [-0.3, -0.25) is 14.5 Å². The topological polar surface area (TPSA) is 79.4 Å². The molecule has 0 radical (unpaired) electrons. The molecule has 0 aliphatic carbocycles. The highest BCUT2D eigenvalue weighted by Gasteiger charge is 2.30. The van der Waals surface area contributed by atoms with Crippen molar-refractivity contribution in [2.75, 3.05) is 11.3 Å². The molecule has 2 aromatic carbocycles. The van der Waals surface area contributed by atoms with Crippen LogP contribution in [0.3, 0.4) is 0 Å². The number of anilines is 1. The monoisotopic (exact) mass is 485 g/mol. The van der Waals surface area contributed by atoms with E-state index in [2.05, 4.69) is 25.6 Å². The molecule has 1 aromatic heterocycles. The number of nitrogens with zero attached hydrogens (tertiary/aromatic N) is 2. The predicted octanol–water partition coefficient (Wildman–Crippen LogP) is 4.62. The van der Waals surface area contributed by atoms with Gasteiger partial charge in [-0.25, -0.2) is 8.42 Å². The summed E-state index contributed by atoms with van der Waals surface area (Å²) in [6.07, 6.45) is 4.87. The number of amides is 1. The molecular weight excluding hydrogens is 466 g/mol. The van der Waals surface area contributed by atoms with Crippen LogP contribution in [0.5, 0.6) is 0 Å². The lowest BCUT2D eigenvalue weighted by atomic mass is 10.0. The van der Waals surface area contributed by atoms with Crippen molar-refractivity contribution < 1.29 is 13.2 Å². The van der Waals surface area contributed by atoms with Crippen LogP contribution in [0.2, 0.25) is 0 Å². The van der Waals surface area contributed by atoms with E-state index in [-0.39, 0.29) is 16.8 Å². The fraction of sp³-hybridized carbons (Fsp3) is 0.182. The summed E-state index contributed by atoms with van der Waals surface area (Å²) in [6.45, 7) is 0.684. The molecule has 1 N–H and O–H groups in total. The van der Waals surface area contributed by atoms with Crippen molar-refractivity contribution in [2.45, 2.75) is 23.8 Å². The highest BCUT2D eigenvalue weighted by Crippen LogP contribution is 2.33. The second kappa shape index (κ2) is 8.57. The molecule has 3 aromatic rings. The van der Waals surface area contributed by atoms with E-state index >= 15 is 0 Å². The third-order valence-electron chi connectivity index (χ3n) is 5.11. The van der Waals surface area contributed by atoms with Gasteiger partial charge >= 0.3 is 0 Å². The summed E-state index contributed by atoms with van der Waals surface area (Å²) in [4.78, 5) is 18.9. The number of carbonyl (C=O) groups is 1. The van der Waals surface area contributed by atoms with E-state index in [1.807, 2.05) is 29.2 Å². The summed E-state index contributed by atoms with van der Waals surface area (Å²) < 4.78 is 28.6. The van der Waals surface area contributed by atoms with Gasteiger partial charge in [0, 0.05) is 29.0 Å². The Bertz CT molecular complexity index is 1130. The van der Waals surface area contributed by atoms with E-state index in [1.165, 1.54) is 24.5 Å². The summed E-state index contributed by atoms with van der Waals surface area (Å²) in [5, 5.41) is 0. The van der Waals surface area contributed by atoms with Gasteiger partial charge in [0.1, 0.15) is 0 Å². The number of hydrogen-bond acceptors (Lipinski definition) is 4. The minimum Gasteiger partial charge on any atom is -0.332 e. The number of carbonyl (C=O) groups excluding carboxylic acids is 1. The lowest BCUT2D eigenvalue weighted by Crippen LogP contribution is -2.30. The van der Waals surface area contributed by atoms with Gasteiger partial charge in [0.05, 0.1) is 16.6 Å². The molecule has 0 saturated carbocycles. The van der Waals surface area contributed by atoms with E-state index in [4.69, 9.17) is 0 Å². The highest BCUT2D eigenvalue weighted by molar-refractivity contribution is 9.10. The van der Waals surface area contributed by atoms with Gasteiger partial charge < -0.3 is 4.90 Å². The van der Waals surface area contributed by atoms with Gasteiger partial charge in [-0.2, -0.15) is 0 Å². The molecule has 1 saturated heterocycles. The fourth-order valence-electron chi connectivity index (χ4n) is 3.62. The minimum absolute atomic E-state index is 0.0300. The second-order valence-corrected chi connectivity index (χ2v) is 9.67. The van der Waals surface area contributed by atoms with E-state index in [0.29, 0.717) is 17.8 Å². The van der Waals surface area contributed by atoms with Crippen LogP contribution in [-0.4, -0.2) is 30.8 Å². The van der Waals surface area contributed by atoms with E-state index in [1.54, 1.807) is 24.3 Å². The number of nitrogens with one attached hydrogen (secondary N) is 1. The lowest BCUT2D eigenvalue weighted by Gasteiger charge is -2.25. The molecule has 1 aliphatic heterocycles. The van der Waals surface area contributed by atoms with Crippen molar-refractivity contribution in [3.05, 3.63) is 88.7 Å². The van der Waals surface area contributed by atoms with Gasteiger partial charge in [-0.1, -0.05) is 28.1 Å². The van der Waals surface area contributed by atoms with Crippen molar-refractivity contribution >= 4 is 37.5 Å². The Balaban J connectivity index is 1.52. The summed E-state index contributed by atoms with van der Waals surface area (Å²) in [6, 6.07) is 17.3. The van der Waals surface area contributed by atoms with Gasteiger partial charge in [0.25, 0.3) is 15.9 Å². The third kappa shape index (κ3) is 4.39. The minimum atomic E-state index is -3.74. The van der Waals surface area contributed by atoms with Crippen LogP contribution in [0.15, 0.2) is 82.4 Å². The van der Waals surface area contributed by atoms with E-state index < -0.39 is 10.0 Å². The van der Waals surface area contributed by atoms with Gasteiger partial charge in [-0.05, 0) is 66.9 Å². The largest absolute Gasteiger partial charge is 0.332 e. The molecule has 0 spiro atoms. The molecule has 1 unspecified atom stereocenters. The number of hydrogen-bond donors (Lipinski definition) is 1. The predicted molar refractivity (Wildman–Crippen MR) is 119 cm³/mol. The molecule has 1 aliphatic rings. The van der Waals surface area contributed by atoms with Crippen LogP contribution in [-0.2, 0) is 10.0 Å². The number of pyridine rings is 1. The molecule has 1 amide bonds. The molecule has 2 heterocycles. The second-order valence-electron chi connectivity index (χ2n) is 7.07. The Morgan fingerprint density at radius 1 is 1.00 bits per heavy atom. The Morgan fingerprint density at radius 2 is 1.67 bits per heavy atom. The molecule has 1 atom stereocenters. The first-order valence-corrected chi connectivity index (χ1v) is 11.8. The number of sulfonamides is 1. The van der Waals surface area contributed by atoms with Crippen molar-refractivity contribution in [1.82, 2.24) is 9.88 Å². The number of halogens is 1. The Hall–Kier alpha value is -2.71. The first kappa shape index (κ1) is 20.6. The van der Waals surface area contributed by atoms with Crippen molar-refractivity contribution in [1.29, 1.82) is 0 Å². The Kier molecular flexibility index (Phi) is 5.87. The molecule has 8 heteroatoms. The molecule has 30 heavy (non-hydrogen) atoms. The molecule has 6 nitrogen and oxygen atoms in total. The maximum Gasteiger partial charge on any atom is 0.261 e.